The third-order valence-electron chi connectivity index (χ3n) is 5.02. The number of hydrogen-bond acceptors (Lipinski definition) is 3. The molecule has 4 nitrogen and oxygen atoms in total. The number of carbonyl (C=O) groups excluding carboxylic acids is 1. The van der Waals surface area contributed by atoms with E-state index in [2.05, 4.69) is 41.7 Å². The van der Waals surface area contributed by atoms with Crippen molar-refractivity contribution in [2.24, 2.45) is 0 Å². The van der Waals surface area contributed by atoms with Gasteiger partial charge in [0.1, 0.15) is 0 Å². The van der Waals surface area contributed by atoms with E-state index in [0.29, 0.717) is 6.54 Å². The fraction of sp³-hybridized carbons (Fsp3) is 0.286. The number of hydrogen-bond donors (Lipinski definition) is 1. The summed E-state index contributed by atoms with van der Waals surface area (Å²) in [7, 11) is 1.74. The topological polar surface area (TPSA) is 41.6 Å². The zero-order valence-corrected chi connectivity index (χ0v) is 14.6. The Hall–Kier alpha value is -2.59. The fourth-order valence-electron chi connectivity index (χ4n) is 3.66. The van der Waals surface area contributed by atoms with E-state index in [-0.39, 0.29) is 12.0 Å². The molecule has 0 fully saturated rings. The minimum Gasteiger partial charge on any atom is -0.380 e. The van der Waals surface area contributed by atoms with E-state index in [0.717, 1.165) is 40.7 Å². The highest BCUT2D eigenvalue weighted by Crippen LogP contribution is 2.40. The zero-order chi connectivity index (χ0) is 17.4. The minimum absolute atomic E-state index is 0.101. The third kappa shape index (κ3) is 2.63. The molecule has 25 heavy (non-hydrogen) atoms. The van der Waals surface area contributed by atoms with E-state index in [9.17, 15) is 4.79 Å². The van der Waals surface area contributed by atoms with Gasteiger partial charge in [0, 0.05) is 42.2 Å². The van der Waals surface area contributed by atoms with Gasteiger partial charge in [-0.05, 0) is 37.1 Å². The summed E-state index contributed by atoms with van der Waals surface area (Å²) in [6, 6.07) is 10.1. The highest BCUT2D eigenvalue weighted by atomic mass is 16.5. The number of nitrogens with zero attached hydrogens (tertiary/aromatic N) is 1. The van der Waals surface area contributed by atoms with Gasteiger partial charge in [-0.1, -0.05) is 30.4 Å². The number of carbonyl (C=O) groups is 1. The Bertz CT molecular complexity index is 898. The molecule has 0 spiro atoms. The van der Waals surface area contributed by atoms with Crippen LogP contribution in [0.4, 0.5) is 11.4 Å². The molecule has 1 heterocycles. The van der Waals surface area contributed by atoms with E-state index >= 15 is 0 Å². The summed E-state index contributed by atoms with van der Waals surface area (Å²) in [5, 5.41) is 5.70. The first kappa shape index (κ1) is 15.9. The molecule has 4 heteroatoms. The highest BCUT2D eigenvalue weighted by Gasteiger charge is 2.29. The van der Waals surface area contributed by atoms with Crippen molar-refractivity contribution < 1.29 is 9.53 Å². The predicted octanol–water partition coefficient (Wildman–Crippen LogP) is 4.13. The van der Waals surface area contributed by atoms with Gasteiger partial charge in [0.25, 0.3) is 5.91 Å². The lowest BCUT2D eigenvalue weighted by atomic mass is 10.0. The standard InChI is InChI=1S/C21H22N2O2/c1-3-23-19-12-11-18(16-5-4-6-17(20(16)19)21(23)24)22-13-14-7-9-15(25-2)10-8-14/h4-9,11-12,15,22H,3,10,13H2,1-2H3. The molecule has 0 radical (unpaired) electrons. The Labute approximate surface area is 147 Å². The maximum absolute atomic E-state index is 12.6. The summed E-state index contributed by atoms with van der Waals surface area (Å²) in [5.74, 6) is 0.101. The summed E-state index contributed by atoms with van der Waals surface area (Å²) in [6.07, 6.45) is 7.53. The van der Waals surface area contributed by atoms with Crippen molar-refractivity contribution in [2.45, 2.75) is 19.4 Å². The smallest absolute Gasteiger partial charge is 0.258 e. The van der Waals surface area contributed by atoms with Crippen LogP contribution in [0.25, 0.3) is 10.8 Å². The van der Waals surface area contributed by atoms with Gasteiger partial charge in [0.15, 0.2) is 0 Å². The Kier molecular flexibility index (Phi) is 4.06. The molecule has 1 N–H and O–H groups in total. The second kappa shape index (κ2) is 6.37. The van der Waals surface area contributed by atoms with Crippen molar-refractivity contribution in [3.05, 3.63) is 59.7 Å². The fourth-order valence-corrected chi connectivity index (χ4v) is 3.66. The Morgan fingerprint density at radius 2 is 2.16 bits per heavy atom. The number of ether oxygens (including phenoxy) is 1. The van der Waals surface area contributed by atoms with Gasteiger partial charge >= 0.3 is 0 Å². The van der Waals surface area contributed by atoms with Crippen LogP contribution in [0.1, 0.15) is 23.7 Å². The lowest BCUT2D eigenvalue weighted by Gasteiger charge is -2.17. The van der Waals surface area contributed by atoms with Crippen LogP contribution in [0.15, 0.2) is 54.1 Å². The molecular weight excluding hydrogens is 312 g/mol. The molecule has 4 rings (SSSR count). The molecule has 1 atom stereocenters. The average Bonchev–Trinajstić information content (AvgIpc) is 2.94. The number of rotatable bonds is 5. The van der Waals surface area contributed by atoms with Gasteiger partial charge in [-0.3, -0.25) is 4.79 Å². The maximum Gasteiger partial charge on any atom is 0.258 e. The van der Waals surface area contributed by atoms with Crippen LogP contribution in [0.5, 0.6) is 0 Å². The number of methoxy groups -OCH3 is 1. The van der Waals surface area contributed by atoms with E-state index < -0.39 is 0 Å². The Balaban J connectivity index is 1.63. The predicted molar refractivity (Wildman–Crippen MR) is 102 cm³/mol. The minimum atomic E-state index is 0.101. The van der Waals surface area contributed by atoms with E-state index in [1.807, 2.05) is 24.0 Å². The molecule has 1 aliphatic carbocycles. The Morgan fingerprint density at radius 1 is 1.28 bits per heavy atom. The maximum atomic E-state index is 12.6. The quantitative estimate of drug-likeness (QED) is 0.894. The lowest BCUT2D eigenvalue weighted by Crippen LogP contribution is -2.25. The first-order valence-corrected chi connectivity index (χ1v) is 8.74. The first-order chi connectivity index (χ1) is 12.2. The number of amides is 1. The second-order valence-corrected chi connectivity index (χ2v) is 6.41. The van der Waals surface area contributed by atoms with Crippen molar-refractivity contribution in [3.63, 3.8) is 0 Å². The summed E-state index contributed by atoms with van der Waals surface area (Å²) in [6.45, 7) is 3.46. The van der Waals surface area contributed by atoms with Gasteiger partial charge in [-0.2, -0.15) is 0 Å². The van der Waals surface area contributed by atoms with Crippen molar-refractivity contribution >= 4 is 28.1 Å². The number of nitrogens with one attached hydrogen (secondary N) is 1. The van der Waals surface area contributed by atoms with Crippen molar-refractivity contribution in [1.29, 1.82) is 0 Å². The zero-order valence-electron chi connectivity index (χ0n) is 14.6. The SMILES string of the molecule is CCN1C(=O)c2cccc3c(NCC4=CCC(OC)C=C4)ccc1c23. The summed E-state index contributed by atoms with van der Waals surface area (Å²) in [5.41, 5.74) is 4.14. The Morgan fingerprint density at radius 3 is 2.88 bits per heavy atom. The van der Waals surface area contributed by atoms with Crippen molar-refractivity contribution in [1.82, 2.24) is 0 Å². The van der Waals surface area contributed by atoms with Crippen molar-refractivity contribution in [3.8, 4) is 0 Å². The lowest BCUT2D eigenvalue weighted by molar-refractivity contribution is 0.0994. The first-order valence-electron chi connectivity index (χ1n) is 8.74. The molecule has 128 valence electrons. The summed E-state index contributed by atoms with van der Waals surface area (Å²) in [4.78, 5) is 14.4. The van der Waals surface area contributed by atoms with Gasteiger partial charge in [-0.25, -0.2) is 0 Å². The van der Waals surface area contributed by atoms with E-state index in [1.165, 1.54) is 5.57 Å². The molecule has 0 saturated heterocycles. The second-order valence-electron chi connectivity index (χ2n) is 6.41. The molecule has 1 amide bonds. The van der Waals surface area contributed by atoms with Crippen molar-refractivity contribution in [2.75, 3.05) is 30.4 Å². The average molecular weight is 334 g/mol. The third-order valence-corrected chi connectivity index (χ3v) is 5.02. The highest BCUT2D eigenvalue weighted by molar-refractivity contribution is 6.26. The van der Waals surface area contributed by atoms with Crippen LogP contribution in [-0.2, 0) is 4.74 Å². The van der Waals surface area contributed by atoms with Crippen LogP contribution in [0.3, 0.4) is 0 Å². The molecule has 2 aromatic carbocycles. The van der Waals surface area contributed by atoms with Crippen LogP contribution in [0.2, 0.25) is 0 Å². The van der Waals surface area contributed by atoms with Gasteiger partial charge in [-0.15, -0.1) is 0 Å². The van der Waals surface area contributed by atoms with Crippen LogP contribution in [-0.4, -0.2) is 32.2 Å². The van der Waals surface area contributed by atoms with Gasteiger partial charge < -0.3 is 15.0 Å². The molecule has 0 saturated carbocycles. The number of benzene rings is 2. The van der Waals surface area contributed by atoms with Crippen LogP contribution in [0, 0.1) is 0 Å². The van der Waals surface area contributed by atoms with Gasteiger partial charge in [0.2, 0.25) is 0 Å². The van der Waals surface area contributed by atoms with Crippen LogP contribution >= 0.6 is 0 Å². The monoisotopic (exact) mass is 334 g/mol. The van der Waals surface area contributed by atoms with E-state index in [1.54, 1.807) is 7.11 Å². The molecule has 0 bridgehead atoms. The molecule has 1 unspecified atom stereocenters. The largest absolute Gasteiger partial charge is 0.380 e. The molecule has 1 aliphatic heterocycles. The molecule has 2 aliphatic rings. The molecule has 2 aromatic rings. The summed E-state index contributed by atoms with van der Waals surface area (Å²) >= 11 is 0. The van der Waals surface area contributed by atoms with Crippen LogP contribution < -0.4 is 10.2 Å². The molecular formula is C21H22N2O2. The van der Waals surface area contributed by atoms with E-state index in [4.69, 9.17) is 4.74 Å². The molecule has 0 aromatic heterocycles. The number of anilines is 2. The normalized spacial score (nSPS) is 18.8. The summed E-state index contributed by atoms with van der Waals surface area (Å²) < 4.78 is 5.34. The van der Waals surface area contributed by atoms with Gasteiger partial charge in [0.05, 0.1) is 11.8 Å².